The van der Waals surface area contributed by atoms with Gasteiger partial charge in [-0.2, -0.15) is 0 Å². The summed E-state index contributed by atoms with van der Waals surface area (Å²) in [5, 5.41) is 3.12. The van der Waals surface area contributed by atoms with Gasteiger partial charge in [-0.3, -0.25) is 0 Å². The Kier molecular flexibility index (Phi) is 4.67. The predicted octanol–water partition coefficient (Wildman–Crippen LogP) is 4.10. The molecule has 0 unspecified atom stereocenters. The Hall–Kier alpha value is -2.24. The molecule has 0 fully saturated rings. The van der Waals surface area contributed by atoms with E-state index in [1.54, 1.807) is 0 Å². The molecule has 0 atom stereocenters. The van der Waals surface area contributed by atoms with E-state index in [9.17, 15) is 8.78 Å². The Morgan fingerprint density at radius 2 is 2.00 bits per heavy atom. The molecule has 0 radical (unpaired) electrons. The molecule has 0 aliphatic heterocycles. The van der Waals surface area contributed by atoms with Gasteiger partial charge >= 0.3 is 0 Å². The third-order valence-corrected chi connectivity index (χ3v) is 2.87. The van der Waals surface area contributed by atoms with Gasteiger partial charge in [-0.1, -0.05) is 13.8 Å². The van der Waals surface area contributed by atoms with Gasteiger partial charge in [0.05, 0.1) is 5.56 Å². The Morgan fingerprint density at radius 3 is 2.62 bits per heavy atom. The number of nitrogens with zero attached hydrogens (tertiary/aromatic N) is 2. The molecule has 0 saturated carbocycles. The van der Waals surface area contributed by atoms with Gasteiger partial charge in [0.1, 0.15) is 18.0 Å². The van der Waals surface area contributed by atoms with Crippen LogP contribution in [0.1, 0.15) is 32.3 Å². The molecule has 1 aromatic carbocycles. The Morgan fingerprint density at radius 1 is 1.24 bits per heavy atom. The maximum atomic E-state index is 13.7. The average molecular weight is 293 g/mol. The van der Waals surface area contributed by atoms with E-state index >= 15 is 0 Å². The molecule has 4 nitrogen and oxygen atoms in total. The highest BCUT2D eigenvalue weighted by Crippen LogP contribution is 2.33. The van der Waals surface area contributed by atoms with Crippen LogP contribution in [0.4, 0.5) is 14.6 Å². The fourth-order valence-electron chi connectivity index (χ4n) is 1.95. The Bertz CT molecular complexity index is 632. The van der Waals surface area contributed by atoms with Crippen molar-refractivity contribution < 1.29 is 13.5 Å². The highest BCUT2D eigenvalue weighted by Gasteiger charge is 2.18. The first kappa shape index (κ1) is 15.2. The predicted molar refractivity (Wildman–Crippen MR) is 76.7 cm³/mol. The molecule has 0 spiro atoms. The summed E-state index contributed by atoms with van der Waals surface area (Å²) in [5.74, 6) is -0.493. The summed E-state index contributed by atoms with van der Waals surface area (Å²) < 4.78 is 32.1. The molecular formula is C15H17F2N3O. The fraction of sp³-hybridized carbons (Fsp3) is 0.333. The minimum Gasteiger partial charge on any atom is -0.435 e. The number of hydrogen-bond donors (Lipinski definition) is 1. The zero-order valence-electron chi connectivity index (χ0n) is 12.2. The van der Waals surface area contributed by atoms with Gasteiger partial charge in [0, 0.05) is 12.6 Å². The van der Waals surface area contributed by atoms with Gasteiger partial charge < -0.3 is 10.1 Å². The monoisotopic (exact) mass is 293 g/mol. The molecule has 1 heterocycles. The summed E-state index contributed by atoms with van der Waals surface area (Å²) in [5.41, 5.74) is 0.753. The molecule has 0 aliphatic carbocycles. The van der Waals surface area contributed by atoms with Crippen LogP contribution in [0.5, 0.6) is 11.6 Å². The van der Waals surface area contributed by atoms with Crippen molar-refractivity contribution in [1.82, 2.24) is 9.97 Å². The van der Waals surface area contributed by atoms with Crippen LogP contribution < -0.4 is 10.1 Å². The zero-order valence-corrected chi connectivity index (χ0v) is 12.2. The smallest absolute Gasteiger partial charge is 0.228 e. The lowest BCUT2D eigenvalue weighted by Crippen LogP contribution is -2.07. The molecular weight excluding hydrogens is 276 g/mol. The van der Waals surface area contributed by atoms with Gasteiger partial charge in [0.2, 0.25) is 5.88 Å². The van der Waals surface area contributed by atoms with E-state index in [2.05, 4.69) is 15.3 Å². The average Bonchev–Trinajstić information content (AvgIpc) is 2.42. The van der Waals surface area contributed by atoms with Crippen molar-refractivity contribution >= 4 is 5.82 Å². The molecule has 0 bridgehead atoms. The molecule has 0 aliphatic rings. The van der Waals surface area contributed by atoms with E-state index in [4.69, 9.17) is 4.74 Å². The van der Waals surface area contributed by atoms with Crippen LogP contribution in [0, 0.1) is 11.6 Å². The van der Waals surface area contributed by atoms with Crippen molar-refractivity contribution in [3.63, 3.8) is 0 Å². The standard InChI is InChI=1S/C15H17F2N3O/c1-4-18-14-13(9(2)3)15(20-8-19-14)21-12-6-5-10(16)7-11(12)17/h5-9H,4H2,1-3H3,(H,18,19,20). The Labute approximate surface area is 122 Å². The van der Waals surface area contributed by atoms with E-state index in [-0.39, 0.29) is 17.5 Å². The van der Waals surface area contributed by atoms with E-state index in [0.29, 0.717) is 12.4 Å². The lowest BCUT2D eigenvalue weighted by molar-refractivity contribution is 0.416. The molecule has 112 valence electrons. The lowest BCUT2D eigenvalue weighted by atomic mass is 10.1. The van der Waals surface area contributed by atoms with Gasteiger partial charge in [0.25, 0.3) is 0 Å². The highest BCUT2D eigenvalue weighted by atomic mass is 19.1. The molecule has 0 amide bonds. The van der Waals surface area contributed by atoms with E-state index < -0.39 is 11.6 Å². The number of benzene rings is 1. The minimum atomic E-state index is -0.770. The van der Waals surface area contributed by atoms with Crippen LogP contribution in [-0.2, 0) is 0 Å². The summed E-state index contributed by atoms with van der Waals surface area (Å²) in [7, 11) is 0. The lowest BCUT2D eigenvalue weighted by Gasteiger charge is -2.16. The van der Waals surface area contributed by atoms with Gasteiger partial charge in [-0.15, -0.1) is 0 Å². The van der Waals surface area contributed by atoms with Crippen LogP contribution in [0.15, 0.2) is 24.5 Å². The quantitative estimate of drug-likeness (QED) is 0.901. The third kappa shape index (κ3) is 3.45. The zero-order chi connectivity index (χ0) is 15.4. The minimum absolute atomic E-state index is 0.0700. The van der Waals surface area contributed by atoms with Crippen molar-refractivity contribution in [2.75, 3.05) is 11.9 Å². The molecule has 1 N–H and O–H groups in total. The number of nitrogens with one attached hydrogen (secondary N) is 1. The SMILES string of the molecule is CCNc1ncnc(Oc2ccc(F)cc2F)c1C(C)C. The third-order valence-electron chi connectivity index (χ3n) is 2.87. The maximum absolute atomic E-state index is 13.7. The molecule has 21 heavy (non-hydrogen) atoms. The van der Waals surface area contributed by atoms with E-state index in [1.165, 1.54) is 12.4 Å². The van der Waals surface area contributed by atoms with Crippen molar-refractivity contribution in [2.45, 2.75) is 26.7 Å². The molecule has 6 heteroatoms. The summed E-state index contributed by atoms with van der Waals surface area (Å²) in [6.07, 6.45) is 1.35. The van der Waals surface area contributed by atoms with E-state index in [1.807, 2.05) is 20.8 Å². The maximum Gasteiger partial charge on any atom is 0.228 e. The molecule has 2 aromatic rings. The van der Waals surface area contributed by atoms with Crippen LogP contribution in [0.2, 0.25) is 0 Å². The van der Waals surface area contributed by atoms with Crippen LogP contribution in [0.3, 0.4) is 0 Å². The van der Waals surface area contributed by atoms with Gasteiger partial charge in [-0.05, 0) is 25.0 Å². The van der Waals surface area contributed by atoms with Crippen LogP contribution in [0.25, 0.3) is 0 Å². The number of hydrogen-bond acceptors (Lipinski definition) is 4. The van der Waals surface area contributed by atoms with Crippen LogP contribution in [-0.4, -0.2) is 16.5 Å². The van der Waals surface area contributed by atoms with Crippen molar-refractivity contribution in [1.29, 1.82) is 0 Å². The largest absolute Gasteiger partial charge is 0.435 e. The van der Waals surface area contributed by atoms with Gasteiger partial charge in [0.15, 0.2) is 11.6 Å². The first-order chi connectivity index (χ1) is 10.0. The second-order valence-electron chi connectivity index (χ2n) is 4.80. The number of ether oxygens (including phenoxy) is 1. The van der Waals surface area contributed by atoms with Gasteiger partial charge in [-0.25, -0.2) is 18.7 Å². The number of halogens is 2. The van der Waals surface area contributed by atoms with Crippen molar-refractivity contribution in [2.24, 2.45) is 0 Å². The second kappa shape index (κ2) is 6.47. The first-order valence-corrected chi connectivity index (χ1v) is 6.74. The summed E-state index contributed by atoms with van der Waals surface area (Å²) in [4.78, 5) is 8.24. The highest BCUT2D eigenvalue weighted by molar-refractivity contribution is 5.51. The van der Waals surface area contributed by atoms with Crippen molar-refractivity contribution in [3.05, 3.63) is 41.7 Å². The van der Waals surface area contributed by atoms with E-state index in [0.717, 1.165) is 17.7 Å². The summed E-state index contributed by atoms with van der Waals surface area (Å²) >= 11 is 0. The molecule has 0 saturated heterocycles. The van der Waals surface area contributed by atoms with Crippen LogP contribution >= 0.6 is 0 Å². The topological polar surface area (TPSA) is 47.0 Å². The summed E-state index contributed by atoms with van der Waals surface area (Å²) in [6, 6.07) is 3.15. The molecule has 1 aromatic heterocycles. The molecule has 2 rings (SSSR count). The normalized spacial score (nSPS) is 10.8. The fourth-order valence-corrected chi connectivity index (χ4v) is 1.95. The number of rotatable bonds is 5. The number of anilines is 1. The van der Waals surface area contributed by atoms with Crippen molar-refractivity contribution in [3.8, 4) is 11.6 Å². The first-order valence-electron chi connectivity index (χ1n) is 6.74. The summed E-state index contributed by atoms with van der Waals surface area (Å²) in [6.45, 7) is 6.58. The Balaban J connectivity index is 2.41. The second-order valence-corrected chi connectivity index (χ2v) is 4.80. The number of aromatic nitrogens is 2.